The van der Waals surface area contributed by atoms with Gasteiger partial charge in [0, 0.05) is 19.8 Å². The molecule has 0 saturated carbocycles. The van der Waals surface area contributed by atoms with Crippen LogP contribution in [0.5, 0.6) is 0 Å². The monoisotopic (exact) mass is 378 g/mol. The van der Waals surface area contributed by atoms with E-state index in [9.17, 15) is 16.8 Å². The standard InChI is InChI=1S/C14H22N2O6S2/c15-23(17,18)13-5-1-6-14(10-13)24(19,20)16-7-3-8-21-11-12-4-2-9-22-12/h1,5-6,10,12,16H,2-4,7-9,11H2,(H2,15,17,18). The lowest BCUT2D eigenvalue weighted by Gasteiger charge is -2.11. The van der Waals surface area contributed by atoms with Crippen LogP contribution in [0.1, 0.15) is 19.3 Å². The summed E-state index contributed by atoms with van der Waals surface area (Å²) >= 11 is 0. The minimum atomic E-state index is -3.95. The number of benzene rings is 1. The lowest BCUT2D eigenvalue weighted by molar-refractivity contribution is 0.0169. The van der Waals surface area contributed by atoms with E-state index in [1.807, 2.05) is 0 Å². The summed E-state index contributed by atoms with van der Waals surface area (Å²) in [6.07, 6.45) is 2.68. The highest BCUT2D eigenvalue weighted by molar-refractivity contribution is 7.90. The molecule has 136 valence electrons. The molecule has 0 bridgehead atoms. The van der Waals surface area contributed by atoms with Gasteiger partial charge in [-0.25, -0.2) is 26.7 Å². The fraction of sp³-hybridized carbons (Fsp3) is 0.571. The topological polar surface area (TPSA) is 125 Å². The minimum absolute atomic E-state index is 0.141. The number of nitrogens with two attached hydrogens (primary N) is 1. The predicted molar refractivity (Wildman–Crippen MR) is 87.4 cm³/mol. The van der Waals surface area contributed by atoms with Crippen molar-refractivity contribution in [2.24, 2.45) is 5.14 Å². The molecule has 1 unspecified atom stereocenters. The largest absolute Gasteiger partial charge is 0.379 e. The van der Waals surface area contributed by atoms with Crippen molar-refractivity contribution in [2.45, 2.75) is 35.2 Å². The second-order valence-corrected chi connectivity index (χ2v) is 8.81. The number of hydrogen-bond acceptors (Lipinski definition) is 6. The van der Waals surface area contributed by atoms with Crippen molar-refractivity contribution in [3.05, 3.63) is 24.3 Å². The quantitative estimate of drug-likeness (QED) is 0.591. The summed E-state index contributed by atoms with van der Waals surface area (Å²) in [6, 6.07) is 4.92. The Bertz CT molecular complexity index is 742. The smallest absolute Gasteiger partial charge is 0.240 e. The molecular formula is C14H22N2O6S2. The highest BCUT2D eigenvalue weighted by atomic mass is 32.2. The molecule has 1 aromatic rings. The van der Waals surface area contributed by atoms with Crippen LogP contribution in [0.2, 0.25) is 0 Å². The minimum Gasteiger partial charge on any atom is -0.379 e. The summed E-state index contributed by atoms with van der Waals surface area (Å²) in [5.41, 5.74) is 0. The molecule has 3 N–H and O–H groups in total. The summed E-state index contributed by atoms with van der Waals surface area (Å²) in [6.45, 7) is 1.89. The van der Waals surface area contributed by atoms with Crippen molar-refractivity contribution in [3.8, 4) is 0 Å². The van der Waals surface area contributed by atoms with Gasteiger partial charge in [0.1, 0.15) is 0 Å². The molecule has 0 spiro atoms. The van der Waals surface area contributed by atoms with Gasteiger partial charge in [-0.1, -0.05) is 6.07 Å². The highest BCUT2D eigenvalue weighted by Crippen LogP contribution is 2.14. The molecule has 8 nitrogen and oxygen atoms in total. The molecule has 0 aliphatic carbocycles. The number of hydrogen-bond donors (Lipinski definition) is 2. The first-order valence-electron chi connectivity index (χ1n) is 7.61. The van der Waals surface area contributed by atoms with Crippen LogP contribution in [0.25, 0.3) is 0 Å². The highest BCUT2D eigenvalue weighted by Gasteiger charge is 2.17. The first kappa shape index (κ1) is 19.3. The molecule has 2 rings (SSSR count). The Morgan fingerprint density at radius 2 is 2.00 bits per heavy atom. The average molecular weight is 378 g/mol. The number of sulfonamides is 2. The van der Waals surface area contributed by atoms with Crippen LogP contribution in [0, 0.1) is 0 Å². The van der Waals surface area contributed by atoms with E-state index in [0.717, 1.165) is 25.5 Å². The number of ether oxygens (including phenoxy) is 2. The van der Waals surface area contributed by atoms with Crippen LogP contribution in [-0.2, 0) is 29.5 Å². The van der Waals surface area contributed by atoms with Crippen molar-refractivity contribution >= 4 is 20.0 Å². The molecule has 1 fully saturated rings. The number of rotatable bonds is 9. The zero-order chi connectivity index (χ0) is 17.6. The van der Waals surface area contributed by atoms with Crippen molar-refractivity contribution in [2.75, 3.05) is 26.4 Å². The van der Waals surface area contributed by atoms with Gasteiger partial charge in [0.05, 0.1) is 22.5 Å². The maximum atomic E-state index is 12.1. The fourth-order valence-corrected chi connectivity index (χ4v) is 4.03. The second kappa shape index (κ2) is 8.37. The summed E-state index contributed by atoms with van der Waals surface area (Å²) < 4.78 is 60.1. The third kappa shape index (κ3) is 5.80. The Hall–Kier alpha value is -1.04. The van der Waals surface area contributed by atoms with Crippen LogP contribution in [-0.4, -0.2) is 49.3 Å². The molecule has 0 radical (unpaired) electrons. The van der Waals surface area contributed by atoms with Crippen LogP contribution >= 0.6 is 0 Å². The maximum Gasteiger partial charge on any atom is 0.240 e. The van der Waals surface area contributed by atoms with Crippen molar-refractivity contribution in [1.82, 2.24) is 4.72 Å². The van der Waals surface area contributed by atoms with Gasteiger partial charge in [0.25, 0.3) is 0 Å². The van der Waals surface area contributed by atoms with Crippen LogP contribution in [0.3, 0.4) is 0 Å². The van der Waals surface area contributed by atoms with Gasteiger partial charge < -0.3 is 9.47 Å². The van der Waals surface area contributed by atoms with Crippen LogP contribution < -0.4 is 9.86 Å². The molecule has 10 heteroatoms. The normalized spacial score (nSPS) is 18.8. The Balaban J connectivity index is 1.79. The Labute approximate surface area is 142 Å². The van der Waals surface area contributed by atoms with E-state index < -0.39 is 20.0 Å². The molecule has 24 heavy (non-hydrogen) atoms. The molecule has 1 heterocycles. The predicted octanol–water partition coefficient (Wildman–Crippen LogP) is 0.198. The summed E-state index contributed by atoms with van der Waals surface area (Å²) in [7, 11) is -7.75. The van der Waals surface area contributed by atoms with E-state index in [-0.39, 0.29) is 22.4 Å². The van der Waals surface area contributed by atoms with Crippen LogP contribution in [0.4, 0.5) is 0 Å². The lowest BCUT2D eigenvalue weighted by atomic mass is 10.2. The Morgan fingerprint density at radius 1 is 1.25 bits per heavy atom. The van der Waals surface area contributed by atoms with Gasteiger partial charge in [-0.3, -0.25) is 0 Å². The van der Waals surface area contributed by atoms with Gasteiger partial charge in [-0.05, 0) is 37.5 Å². The molecule has 1 aromatic carbocycles. The van der Waals surface area contributed by atoms with Gasteiger partial charge in [0.15, 0.2) is 0 Å². The third-order valence-electron chi connectivity index (χ3n) is 3.53. The fourth-order valence-electron chi connectivity index (χ4n) is 2.27. The van der Waals surface area contributed by atoms with Gasteiger partial charge in [-0.15, -0.1) is 0 Å². The Kier molecular flexibility index (Phi) is 6.72. The first-order chi connectivity index (χ1) is 11.3. The first-order valence-corrected chi connectivity index (χ1v) is 10.6. The van der Waals surface area contributed by atoms with E-state index in [0.29, 0.717) is 19.6 Å². The molecule has 1 aliphatic rings. The van der Waals surface area contributed by atoms with Gasteiger partial charge >= 0.3 is 0 Å². The maximum absolute atomic E-state index is 12.1. The molecule has 0 amide bonds. The summed E-state index contributed by atoms with van der Waals surface area (Å²) in [4.78, 5) is -0.389. The lowest BCUT2D eigenvalue weighted by Crippen LogP contribution is -2.26. The Morgan fingerprint density at radius 3 is 2.67 bits per heavy atom. The zero-order valence-electron chi connectivity index (χ0n) is 13.2. The van der Waals surface area contributed by atoms with E-state index in [4.69, 9.17) is 14.6 Å². The summed E-state index contributed by atoms with van der Waals surface area (Å²) in [5.74, 6) is 0. The van der Waals surface area contributed by atoms with Crippen molar-refractivity contribution in [3.63, 3.8) is 0 Å². The van der Waals surface area contributed by atoms with Crippen molar-refractivity contribution < 1.29 is 26.3 Å². The van der Waals surface area contributed by atoms with E-state index in [1.165, 1.54) is 18.2 Å². The van der Waals surface area contributed by atoms with Crippen LogP contribution in [0.15, 0.2) is 34.1 Å². The zero-order valence-corrected chi connectivity index (χ0v) is 14.8. The van der Waals surface area contributed by atoms with E-state index in [2.05, 4.69) is 4.72 Å². The summed E-state index contributed by atoms with van der Waals surface area (Å²) in [5, 5.41) is 5.01. The van der Waals surface area contributed by atoms with Gasteiger partial charge in [-0.2, -0.15) is 0 Å². The molecule has 1 aliphatic heterocycles. The molecular weight excluding hydrogens is 356 g/mol. The van der Waals surface area contributed by atoms with E-state index >= 15 is 0 Å². The number of primary sulfonamides is 1. The SMILES string of the molecule is NS(=O)(=O)c1cccc(S(=O)(=O)NCCCOCC2CCCO2)c1. The average Bonchev–Trinajstić information content (AvgIpc) is 3.03. The molecule has 1 atom stereocenters. The number of nitrogens with one attached hydrogen (secondary N) is 1. The molecule has 1 saturated heterocycles. The molecule has 0 aromatic heterocycles. The third-order valence-corrected chi connectivity index (χ3v) is 5.90. The van der Waals surface area contributed by atoms with E-state index in [1.54, 1.807) is 0 Å². The van der Waals surface area contributed by atoms with Gasteiger partial charge in [0.2, 0.25) is 20.0 Å². The second-order valence-electron chi connectivity index (χ2n) is 5.48. The van der Waals surface area contributed by atoms with Crippen molar-refractivity contribution in [1.29, 1.82) is 0 Å².